The lowest BCUT2D eigenvalue weighted by Crippen LogP contribution is -2.38. The van der Waals surface area contributed by atoms with Gasteiger partial charge < -0.3 is 5.73 Å². The Balaban J connectivity index is 3.89. The van der Waals surface area contributed by atoms with Crippen LogP contribution in [0.2, 0.25) is 0 Å². The first-order valence-electron chi connectivity index (χ1n) is 4.38. The van der Waals surface area contributed by atoms with Crippen molar-refractivity contribution < 1.29 is 13.2 Å². The molecule has 0 heterocycles. The number of hydrogen-bond donors (Lipinski definition) is 1. The number of nitrogens with two attached hydrogens (primary N) is 1. The average molecular weight is 198 g/mol. The van der Waals surface area contributed by atoms with E-state index in [9.17, 15) is 13.2 Å². The van der Waals surface area contributed by atoms with Crippen molar-refractivity contribution >= 4 is 0 Å². The highest BCUT2D eigenvalue weighted by atomic mass is 19.4. The second-order valence-corrected chi connectivity index (χ2v) is 3.28. The fraction of sp³-hybridized carbons (Fsp3) is 1.00. The molecule has 0 aliphatic carbocycles. The molecule has 13 heavy (non-hydrogen) atoms. The Morgan fingerprint density at radius 2 is 1.92 bits per heavy atom. The summed E-state index contributed by atoms with van der Waals surface area (Å²) in [5.74, 6) is 0.113. The number of halogens is 3. The summed E-state index contributed by atoms with van der Waals surface area (Å²) in [7, 11) is 0. The standard InChI is InChI=1S/C8H17F3N2/c1-3-13(5-7(2)4-12)6-8(9,10)11/h7H,3-6,12H2,1-2H3. The van der Waals surface area contributed by atoms with Gasteiger partial charge in [0.05, 0.1) is 6.54 Å². The van der Waals surface area contributed by atoms with E-state index in [-0.39, 0.29) is 5.92 Å². The molecule has 0 spiro atoms. The lowest BCUT2D eigenvalue weighted by molar-refractivity contribution is -0.146. The fourth-order valence-electron chi connectivity index (χ4n) is 1.07. The Kier molecular flexibility index (Phi) is 5.32. The van der Waals surface area contributed by atoms with Crippen LogP contribution in [0, 0.1) is 5.92 Å². The van der Waals surface area contributed by atoms with Crippen molar-refractivity contribution in [3.05, 3.63) is 0 Å². The van der Waals surface area contributed by atoms with Crippen LogP contribution in [0.1, 0.15) is 13.8 Å². The molecule has 0 saturated carbocycles. The number of rotatable bonds is 5. The van der Waals surface area contributed by atoms with E-state index in [0.717, 1.165) is 0 Å². The van der Waals surface area contributed by atoms with Crippen LogP contribution in [0.5, 0.6) is 0 Å². The van der Waals surface area contributed by atoms with Gasteiger partial charge in [-0.05, 0) is 19.0 Å². The van der Waals surface area contributed by atoms with Crippen molar-refractivity contribution in [2.45, 2.75) is 20.0 Å². The predicted molar refractivity (Wildman–Crippen MR) is 46.4 cm³/mol. The third-order valence-corrected chi connectivity index (χ3v) is 1.82. The molecule has 0 bridgehead atoms. The summed E-state index contributed by atoms with van der Waals surface area (Å²) >= 11 is 0. The zero-order valence-electron chi connectivity index (χ0n) is 8.06. The Labute approximate surface area is 76.9 Å². The molecule has 0 amide bonds. The van der Waals surface area contributed by atoms with Crippen molar-refractivity contribution in [3.8, 4) is 0 Å². The number of alkyl halides is 3. The first-order chi connectivity index (χ1) is 5.89. The second-order valence-electron chi connectivity index (χ2n) is 3.28. The maximum atomic E-state index is 12.0. The number of nitrogens with zero attached hydrogens (tertiary/aromatic N) is 1. The molecule has 1 atom stereocenters. The Hall–Kier alpha value is -0.290. The van der Waals surface area contributed by atoms with Crippen LogP contribution in [0.15, 0.2) is 0 Å². The van der Waals surface area contributed by atoms with Gasteiger partial charge in [0.25, 0.3) is 0 Å². The molecular formula is C8H17F3N2. The van der Waals surface area contributed by atoms with Gasteiger partial charge in [0.2, 0.25) is 0 Å². The lowest BCUT2D eigenvalue weighted by Gasteiger charge is -2.24. The smallest absolute Gasteiger partial charge is 0.330 e. The molecule has 0 aromatic rings. The zero-order chi connectivity index (χ0) is 10.5. The summed E-state index contributed by atoms with van der Waals surface area (Å²) in [6.07, 6.45) is -4.11. The normalized spacial score (nSPS) is 15.0. The van der Waals surface area contributed by atoms with Crippen molar-refractivity contribution in [2.75, 3.05) is 26.2 Å². The minimum atomic E-state index is -4.11. The molecule has 0 radical (unpaired) electrons. The van der Waals surface area contributed by atoms with Gasteiger partial charge in [0.15, 0.2) is 0 Å². The van der Waals surface area contributed by atoms with Crippen LogP contribution in [0.25, 0.3) is 0 Å². The molecule has 0 aromatic carbocycles. The van der Waals surface area contributed by atoms with Gasteiger partial charge in [-0.25, -0.2) is 0 Å². The summed E-state index contributed by atoms with van der Waals surface area (Å²) in [6.45, 7) is 3.96. The molecule has 0 aromatic heterocycles. The Morgan fingerprint density at radius 3 is 2.23 bits per heavy atom. The van der Waals surface area contributed by atoms with Gasteiger partial charge in [-0.15, -0.1) is 0 Å². The van der Waals surface area contributed by atoms with E-state index >= 15 is 0 Å². The second kappa shape index (κ2) is 5.44. The van der Waals surface area contributed by atoms with Crippen molar-refractivity contribution in [3.63, 3.8) is 0 Å². The summed E-state index contributed by atoms with van der Waals surface area (Å²) in [6, 6.07) is 0. The minimum absolute atomic E-state index is 0.113. The van der Waals surface area contributed by atoms with Crippen LogP contribution in [-0.2, 0) is 0 Å². The predicted octanol–water partition coefficient (Wildman–Crippen LogP) is 1.47. The highest BCUT2D eigenvalue weighted by Gasteiger charge is 2.30. The molecule has 5 heteroatoms. The SMILES string of the molecule is CCN(CC(C)CN)CC(F)(F)F. The van der Waals surface area contributed by atoms with Crippen LogP contribution in [0.4, 0.5) is 13.2 Å². The molecule has 0 fully saturated rings. The first kappa shape index (κ1) is 12.7. The van der Waals surface area contributed by atoms with Crippen LogP contribution < -0.4 is 5.73 Å². The molecule has 2 N–H and O–H groups in total. The van der Waals surface area contributed by atoms with Crippen LogP contribution in [0.3, 0.4) is 0 Å². The third kappa shape index (κ3) is 6.83. The highest BCUT2D eigenvalue weighted by molar-refractivity contribution is 4.65. The molecule has 0 aliphatic rings. The van der Waals surface area contributed by atoms with Gasteiger partial charge in [-0.1, -0.05) is 13.8 Å². The molecule has 2 nitrogen and oxygen atoms in total. The van der Waals surface area contributed by atoms with Gasteiger partial charge in [0, 0.05) is 6.54 Å². The third-order valence-electron chi connectivity index (χ3n) is 1.82. The van der Waals surface area contributed by atoms with Crippen molar-refractivity contribution in [1.82, 2.24) is 4.90 Å². The molecular weight excluding hydrogens is 181 g/mol. The van der Waals surface area contributed by atoms with E-state index in [0.29, 0.717) is 19.6 Å². The van der Waals surface area contributed by atoms with Gasteiger partial charge in [0.1, 0.15) is 0 Å². The van der Waals surface area contributed by atoms with Crippen molar-refractivity contribution in [2.24, 2.45) is 11.7 Å². The largest absolute Gasteiger partial charge is 0.401 e. The Bertz CT molecular complexity index is 136. The van der Waals surface area contributed by atoms with Crippen LogP contribution >= 0.6 is 0 Å². The fourth-order valence-corrected chi connectivity index (χ4v) is 1.07. The average Bonchev–Trinajstić information content (AvgIpc) is 2.00. The maximum absolute atomic E-state index is 12.0. The van der Waals surface area contributed by atoms with Gasteiger partial charge in [-0.2, -0.15) is 13.2 Å². The van der Waals surface area contributed by atoms with Gasteiger partial charge >= 0.3 is 6.18 Å². The highest BCUT2D eigenvalue weighted by Crippen LogP contribution is 2.16. The lowest BCUT2D eigenvalue weighted by atomic mass is 10.1. The molecule has 0 saturated heterocycles. The monoisotopic (exact) mass is 198 g/mol. The Morgan fingerprint density at radius 1 is 1.38 bits per heavy atom. The first-order valence-corrected chi connectivity index (χ1v) is 4.38. The maximum Gasteiger partial charge on any atom is 0.401 e. The zero-order valence-corrected chi connectivity index (χ0v) is 8.06. The minimum Gasteiger partial charge on any atom is -0.330 e. The molecule has 1 unspecified atom stereocenters. The molecule has 80 valence electrons. The summed E-state index contributed by atoms with van der Waals surface area (Å²) in [5.41, 5.74) is 5.33. The van der Waals surface area contributed by atoms with E-state index in [2.05, 4.69) is 0 Å². The van der Waals surface area contributed by atoms with E-state index < -0.39 is 12.7 Å². The van der Waals surface area contributed by atoms with Crippen LogP contribution in [-0.4, -0.2) is 37.3 Å². The summed E-state index contributed by atoms with van der Waals surface area (Å²) in [4.78, 5) is 1.36. The van der Waals surface area contributed by atoms with E-state index in [4.69, 9.17) is 5.73 Å². The summed E-state index contributed by atoms with van der Waals surface area (Å²) < 4.78 is 35.9. The van der Waals surface area contributed by atoms with Crippen molar-refractivity contribution in [1.29, 1.82) is 0 Å². The quantitative estimate of drug-likeness (QED) is 0.724. The summed E-state index contributed by atoms with van der Waals surface area (Å²) in [5, 5.41) is 0. The topological polar surface area (TPSA) is 29.3 Å². The molecule has 0 rings (SSSR count). The van der Waals surface area contributed by atoms with E-state index in [1.165, 1.54) is 4.90 Å². The van der Waals surface area contributed by atoms with E-state index in [1.54, 1.807) is 6.92 Å². The molecule has 0 aliphatic heterocycles. The van der Waals surface area contributed by atoms with Gasteiger partial charge in [-0.3, -0.25) is 4.90 Å². The number of hydrogen-bond acceptors (Lipinski definition) is 2. The van der Waals surface area contributed by atoms with E-state index in [1.807, 2.05) is 6.92 Å².